The van der Waals surface area contributed by atoms with Crippen LogP contribution in [-0.4, -0.2) is 27.5 Å². The van der Waals surface area contributed by atoms with Gasteiger partial charge in [-0.3, -0.25) is 9.78 Å². The summed E-state index contributed by atoms with van der Waals surface area (Å²) in [4.78, 5) is 18.7. The molecule has 0 unspecified atom stereocenters. The third-order valence-corrected chi connectivity index (χ3v) is 3.93. The van der Waals surface area contributed by atoms with Crippen molar-refractivity contribution >= 4 is 5.91 Å². The Bertz CT molecular complexity index is 609. The number of nitrogens with zero attached hydrogens (tertiary/aromatic N) is 3. The van der Waals surface area contributed by atoms with E-state index in [9.17, 15) is 4.79 Å². The van der Waals surface area contributed by atoms with Crippen LogP contribution >= 0.6 is 0 Å². The van der Waals surface area contributed by atoms with E-state index in [2.05, 4.69) is 10.1 Å². The Balaban J connectivity index is 1.90. The first kappa shape index (κ1) is 13.8. The zero-order valence-electron chi connectivity index (χ0n) is 12.2. The number of aromatic nitrogens is 2. The normalized spacial score (nSPS) is 19.3. The summed E-state index contributed by atoms with van der Waals surface area (Å²) in [5.41, 5.74) is 1.54. The van der Waals surface area contributed by atoms with E-state index in [0.29, 0.717) is 5.56 Å². The van der Waals surface area contributed by atoms with Gasteiger partial charge < -0.3 is 9.42 Å². The number of carbonyl (C=O) groups is 1. The lowest BCUT2D eigenvalue weighted by Gasteiger charge is -2.28. The third kappa shape index (κ3) is 2.96. The molecule has 0 radical (unpaired) electrons. The molecule has 1 saturated heterocycles. The first-order valence-corrected chi connectivity index (χ1v) is 7.40. The standard InChI is InChI=1S/C16H19N3O2/c1-12-11-14(18-21-12)15-5-3-2-4-10-19(15)16(20)13-6-8-17-9-7-13/h6-9,11,15H,2-5,10H2,1H3/t15-/m1/s1. The number of hydrogen-bond donors (Lipinski definition) is 0. The molecule has 2 aromatic rings. The SMILES string of the molecule is Cc1cc([C@H]2CCCCCN2C(=O)c2ccncc2)no1. The van der Waals surface area contributed by atoms with Crippen LogP contribution < -0.4 is 0 Å². The fourth-order valence-electron chi connectivity index (χ4n) is 2.86. The minimum atomic E-state index is 0.00520. The predicted molar refractivity (Wildman–Crippen MR) is 77.7 cm³/mol. The smallest absolute Gasteiger partial charge is 0.254 e. The Labute approximate surface area is 124 Å². The molecule has 5 heteroatoms. The van der Waals surface area contributed by atoms with Crippen LogP contribution in [0.3, 0.4) is 0 Å². The van der Waals surface area contributed by atoms with Crippen LogP contribution in [-0.2, 0) is 0 Å². The first-order chi connectivity index (χ1) is 10.3. The van der Waals surface area contributed by atoms with Gasteiger partial charge in [-0.2, -0.15) is 0 Å². The number of pyridine rings is 1. The number of rotatable bonds is 2. The van der Waals surface area contributed by atoms with Gasteiger partial charge in [0.1, 0.15) is 11.5 Å². The number of carbonyl (C=O) groups excluding carboxylic acids is 1. The van der Waals surface area contributed by atoms with Gasteiger partial charge in [0.25, 0.3) is 5.91 Å². The highest BCUT2D eigenvalue weighted by Crippen LogP contribution is 2.30. The molecule has 1 fully saturated rings. The molecule has 110 valence electrons. The van der Waals surface area contributed by atoms with Gasteiger partial charge in [-0.25, -0.2) is 0 Å². The van der Waals surface area contributed by atoms with E-state index in [-0.39, 0.29) is 11.9 Å². The van der Waals surface area contributed by atoms with Crippen molar-refractivity contribution in [2.45, 2.75) is 38.6 Å². The number of hydrogen-bond acceptors (Lipinski definition) is 4. The second-order valence-electron chi connectivity index (χ2n) is 5.46. The van der Waals surface area contributed by atoms with Crippen LogP contribution in [0.2, 0.25) is 0 Å². The first-order valence-electron chi connectivity index (χ1n) is 7.40. The summed E-state index contributed by atoms with van der Waals surface area (Å²) in [5.74, 6) is 0.829. The van der Waals surface area contributed by atoms with Crippen molar-refractivity contribution in [2.24, 2.45) is 0 Å². The van der Waals surface area contributed by atoms with E-state index in [0.717, 1.165) is 43.7 Å². The minimum absolute atomic E-state index is 0.00520. The molecule has 21 heavy (non-hydrogen) atoms. The van der Waals surface area contributed by atoms with E-state index in [1.807, 2.05) is 17.9 Å². The highest BCUT2D eigenvalue weighted by molar-refractivity contribution is 5.94. The van der Waals surface area contributed by atoms with Gasteiger partial charge in [-0.05, 0) is 31.9 Å². The van der Waals surface area contributed by atoms with Crippen LogP contribution in [0.1, 0.15) is 53.5 Å². The maximum Gasteiger partial charge on any atom is 0.254 e. The predicted octanol–water partition coefficient (Wildman–Crippen LogP) is 3.14. The maximum absolute atomic E-state index is 12.8. The number of aryl methyl sites for hydroxylation is 1. The fraction of sp³-hybridized carbons (Fsp3) is 0.438. The largest absolute Gasteiger partial charge is 0.361 e. The van der Waals surface area contributed by atoms with Crippen molar-refractivity contribution in [1.82, 2.24) is 15.0 Å². The minimum Gasteiger partial charge on any atom is -0.361 e. The van der Waals surface area contributed by atoms with E-state index in [4.69, 9.17) is 4.52 Å². The summed E-state index contributed by atoms with van der Waals surface area (Å²) in [6, 6.07) is 5.46. The van der Waals surface area contributed by atoms with Crippen molar-refractivity contribution in [2.75, 3.05) is 6.54 Å². The maximum atomic E-state index is 12.8. The molecule has 1 aliphatic heterocycles. The van der Waals surface area contributed by atoms with Gasteiger partial charge >= 0.3 is 0 Å². The quantitative estimate of drug-likeness (QED) is 0.850. The summed E-state index contributed by atoms with van der Waals surface area (Å²) in [6.45, 7) is 2.64. The Kier molecular flexibility index (Phi) is 3.99. The fourth-order valence-corrected chi connectivity index (χ4v) is 2.86. The van der Waals surface area contributed by atoms with Crippen LogP contribution in [0, 0.1) is 6.92 Å². The molecule has 1 aliphatic rings. The lowest BCUT2D eigenvalue weighted by Crippen LogP contribution is -2.35. The molecule has 0 bridgehead atoms. The molecule has 1 atom stereocenters. The van der Waals surface area contributed by atoms with Gasteiger partial charge in [-0.15, -0.1) is 0 Å². The molecule has 3 heterocycles. The van der Waals surface area contributed by atoms with Gasteiger partial charge in [0, 0.05) is 30.6 Å². The molecule has 0 N–H and O–H groups in total. The molecule has 0 saturated carbocycles. The molecular weight excluding hydrogens is 266 g/mol. The average Bonchev–Trinajstić information content (AvgIpc) is 2.80. The Morgan fingerprint density at radius 3 is 2.81 bits per heavy atom. The van der Waals surface area contributed by atoms with E-state index < -0.39 is 0 Å². The zero-order chi connectivity index (χ0) is 14.7. The molecule has 0 aliphatic carbocycles. The van der Waals surface area contributed by atoms with Crippen molar-refractivity contribution in [3.05, 3.63) is 47.6 Å². The molecule has 3 rings (SSSR count). The summed E-state index contributed by atoms with van der Waals surface area (Å²) < 4.78 is 5.19. The Morgan fingerprint density at radius 2 is 2.10 bits per heavy atom. The monoisotopic (exact) mass is 285 g/mol. The van der Waals surface area contributed by atoms with Crippen molar-refractivity contribution in [3.63, 3.8) is 0 Å². The van der Waals surface area contributed by atoms with Gasteiger partial charge in [0.05, 0.1) is 6.04 Å². The van der Waals surface area contributed by atoms with Crippen molar-refractivity contribution in [1.29, 1.82) is 0 Å². The molecule has 1 amide bonds. The molecule has 5 nitrogen and oxygen atoms in total. The van der Waals surface area contributed by atoms with Gasteiger partial charge in [0.15, 0.2) is 0 Å². The highest BCUT2D eigenvalue weighted by atomic mass is 16.5. The van der Waals surface area contributed by atoms with E-state index in [1.54, 1.807) is 24.5 Å². The van der Waals surface area contributed by atoms with Crippen molar-refractivity contribution in [3.8, 4) is 0 Å². The second kappa shape index (κ2) is 6.08. The van der Waals surface area contributed by atoms with Crippen LogP contribution in [0.5, 0.6) is 0 Å². The Morgan fingerprint density at radius 1 is 1.29 bits per heavy atom. The van der Waals surface area contributed by atoms with Gasteiger partial charge in [-0.1, -0.05) is 18.0 Å². The van der Waals surface area contributed by atoms with E-state index >= 15 is 0 Å². The number of likely N-dealkylation sites (tertiary alicyclic amines) is 1. The molecule has 0 spiro atoms. The summed E-state index contributed by atoms with van der Waals surface area (Å²) in [6.07, 6.45) is 7.53. The van der Waals surface area contributed by atoms with E-state index in [1.165, 1.54) is 0 Å². The molecular formula is C16H19N3O2. The summed E-state index contributed by atoms with van der Waals surface area (Å²) >= 11 is 0. The molecule has 2 aromatic heterocycles. The average molecular weight is 285 g/mol. The molecule has 0 aromatic carbocycles. The topological polar surface area (TPSA) is 59.2 Å². The van der Waals surface area contributed by atoms with Gasteiger partial charge in [0.2, 0.25) is 0 Å². The zero-order valence-corrected chi connectivity index (χ0v) is 12.2. The number of amides is 1. The van der Waals surface area contributed by atoms with Crippen molar-refractivity contribution < 1.29 is 9.32 Å². The Hall–Kier alpha value is -2.17. The lowest BCUT2D eigenvalue weighted by atomic mass is 10.1. The van der Waals surface area contributed by atoms with Crippen LogP contribution in [0.25, 0.3) is 0 Å². The van der Waals surface area contributed by atoms with Crippen LogP contribution in [0.15, 0.2) is 35.1 Å². The summed E-state index contributed by atoms with van der Waals surface area (Å²) in [5, 5.41) is 4.13. The third-order valence-electron chi connectivity index (χ3n) is 3.93. The second-order valence-corrected chi connectivity index (χ2v) is 5.46. The summed E-state index contributed by atoms with van der Waals surface area (Å²) in [7, 11) is 0. The van der Waals surface area contributed by atoms with Crippen LogP contribution in [0.4, 0.5) is 0 Å². The lowest BCUT2D eigenvalue weighted by molar-refractivity contribution is 0.0674. The highest BCUT2D eigenvalue weighted by Gasteiger charge is 2.29.